The van der Waals surface area contributed by atoms with Crippen LogP contribution in [-0.4, -0.2) is 40.1 Å². The molecule has 2 N–H and O–H groups in total. The molecule has 1 saturated heterocycles. The molecule has 110 valence electrons. The molecular weight excluding hydrogens is 262 g/mol. The van der Waals surface area contributed by atoms with E-state index in [4.69, 9.17) is 9.52 Å². The number of rotatable bonds is 5. The number of hydrogen-bond acceptors (Lipinski definition) is 4. The second kappa shape index (κ2) is 6.40. The Hall–Kier alpha value is -2.05. The quantitative estimate of drug-likeness (QED) is 0.846. The van der Waals surface area contributed by atoms with Crippen LogP contribution in [0.2, 0.25) is 0 Å². The van der Waals surface area contributed by atoms with E-state index < -0.39 is 5.97 Å². The smallest absolute Gasteiger partial charge is 0.317 e. The summed E-state index contributed by atoms with van der Waals surface area (Å²) in [6, 6.07) is -0.200. The zero-order valence-corrected chi connectivity index (χ0v) is 11.5. The summed E-state index contributed by atoms with van der Waals surface area (Å²) in [5.41, 5.74) is 0. The molecule has 0 saturated carbocycles. The number of carbonyl (C=O) groups is 2. The van der Waals surface area contributed by atoms with Gasteiger partial charge in [-0.2, -0.15) is 0 Å². The van der Waals surface area contributed by atoms with Gasteiger partial charge < -0.3 is 19.7 Å². The molecule has 2 heterocycles. The van der Waals surface area contributed by atoms with Gasteiger partial charge in [-0.25, -0.2) is 9.78 Å². The molecule has 1 aliphatic rings. The van der Waals surface area contributed by atoms with E-state index in [0.717, 1.165) is 18.6 Å². The maximum atomic E-state index is 11.9. The molecule has 0 aliphatic carbocycles. The predicted octanol–water partition coefficient (Wildman–Crippen LogP) is 1.24. The molecule has 0 spiro atoms. The number of oxazole rings is 1. The Labute approximate surface area is 117 Å². The van der Waals surface area contributed by atoms with Gasteiger partial charge in [0.15, 0.2) is 0 Å². The van der Waals surface area contributed by atoms with Crippen molar-refractivity contribution in [2.45, 2.75) is 32.7 Å². The standard InChI is InChI=1S/C13H19N3O4/c1-2-10-6-14-11(20-10)7-15-13(19)16-4-3-9(8-16)5-12(17)18/h6,9H,2-5,7-8H2,1H3,(H,15,19)(H,17,18). The van der Waals surface area contributed by atoms with Gasteiger partial charge in [0.05, 0.1) is 12.7 Å². The predicted molar refractivity (Wildman–Crippen MR) is 70.0 cm³/mol. The summed E-state index contributed by atoms with van der Waals surface area (Å²) in [5.74, 6) is 0.504. The number of carboxylic acids is 1. The first-order valence-corrected chi connectivity index (χ1v) is 6.76. The fourth-order valence-electron chi connectivity index (χ4n) is 2.29. The number of aliphatic carboxylic acids is 1. The number of carbonyl (C=O) groups excluding carboxylic acids is 1. The van der Waals surface area contributed by atoms with Gasteiger partial charge in [0.1, 0.15) is 5.76 Å². The third-order valence-electron chi connectivity index (χ3n) is 3.38. The number of carboxylic acid groups (broad SMARTS) is 1. The summed E-state index contributed by atoms with van der Waals surface area (Å²) in [5, 5.41) is 11.5. The topological polar surface area (TPSA) is 95.7 Å². The number of likely N-dealkylation sites (tertiary alicyclic amines) is 1. The van der Waals surface area contributed by atoms with Gasteiger partial charge in [-0.15, -0.1) is 0 Å². The second-order valence-corrected chi connectivity index (χ2v) is 4.93. The van der Waals surface area contributed by atoms with Crippen molar-refractivity contribution in [1.82, 2.24) is 15.2 Å². The molecule has 0 bridgehead atoms. The number of aromatic nitrogens is 1. The van der Waals surface area contributed by atoms with E-state index in [2.05, 4.69) is 10.3 Å². The van der Waals surface area contributed by atoms with Crippen LogP contribution in [0.1, 0.15) is 31.4 Å². The van der Waals surface area contributed by atoms with Crippen molar-refractivity contribution >= 4 is 12.0 Å². The van der Waals surface area contributed by atoms with Crippen molar-refractivity contribution < 1.29 is 19.1 Å². The van der Waals surface area contributed by atoms with Crippen LogP contribution in [0.3, 0.4) is 0 Å². The van der Waals surface area contributed by atoms with Crippen LogP contribution >= 0.6 is 0 Å². The van der Waals surface area contributed by atoms with Crippen LogP contribution in [0.15, 0.2) is 10.6 Å². The molecule has 1 aromatic heterocycles. The van der Waals surface area contributed by atoms with Crippen LogP contribution < -0.4 is 5.32 Å². The molecule has 2 rings (SSSR count). The molecule has 1 aromatic rings. The van der Waals surface area contributed by atoms with Crippen molar-refractivity contribution in [2.75, 3.05) is 13.1 Å². The zero-order chi connectivity index (χ0) is 14.5. The van der Waals surface area contributed by atoms with E-state index in [1.54, 1.807) is 11.1 Å². The molecular formula is C13H19N3O4. The fraction of sp³-hybridized carbons (Fsp3) is 0.615. The summed E-state index contributed by atoms with van der Waals surface area (Å²) in [6.45, 7) is 3.30. The highest BCUT2D eigenvalue weighted by Crippen LogP contribution is 2.19. The van der Waals surface area contributed by atoms with Gasteiger partial charge in [0.25, 0.3) is 0 Å². The number of amides is 2. The average molecular weight is 281 g/mol. The first-order valence-electron chi connectivity index (χ1n) is 6.76. The largest absolute Gasteiger partial charge is 0.481 e. The molecule has 0 radical (unpaired) electrons. The summed E-state index contributed by atoms with van der Waals surface area (Å²) < 4.78 is 5.40. The van der Waals surface area contributed by atoms with E-state index in [1.807, 2.05) is 6.92 Å². The summed E-state index contributed by atoms with van der Waals surface area (Å²) >= 11 is 0. The highest BCUT2D eigenvalue weighted by atomic mass is 16.4. The van der Waals surface area contributed by atoms with Crippen molar-refractivity contribution in [2.24, 2.45) is 5.92 Å². The average Bonchev–Trinajstić information content (AvgIpc) is 3.04. The molecule has 1 unspecified atom stereocenters. The Kier molecular flexibility index (Phi) is 4.60. The Morgan fingerprint density at radius 3 is 3.05 bits per heavy atom. The number of aryl methyl sites for hydroxylation is 1. The molecule has 2 amide bonds. The Morgan fingerprint density at radius 1 is 1.60 bits per heavy atom. The Morgan fingerprint density at radius 2 is 2.40 bits per heavy atom. The third kappa shape index (κ3) is 3.72. The zero-order valence-electron chi connectivity index (χ0n) is 11.5. The van der Waals surface area contributed by atoms with Crippen LogP contribution in [0.5, 0.6) is 0 Å². The molecule has 1 atom stereocenters. The second-order valence-electron chi connectivity index (χ2n) is 4.93. The molecule has 20 heavy (non-hydrogen) atoms. The lowest BCUT2D eigenvalue weighted by Crippen LogP contribution is -2.38. The van der Waals surface area contributed by atoms with Crippen LogP contribution in [-0.2, 0) is 17.8 Å². The maximum Gasteiger partial charge on any atom is 0.317 e. The van der Waals surface area contributed by atoms with Crippen molar-refractivity contribution in [1.29, 1.82) is 0 Å². The molecule has 1 fully saturated rings. The van der Waals surface area contributed by atoms with Gasteiger partial charge in [0, 0.05) is 25.9 Å². The molecule has 7 nitrogen and oxygen atoms in total. The highest BCUT2D eigenvalue weighted by molar-refractivity contribution is 5.74. The van der Waals surface area contributed by atoms with Gasteiger partial charge >= 0.3 is 12.0 Å². The number of nitrogens with zero attached hydrogens (tertiary/aromatic N) is 2. The van der Waals surface area contributed by atoms with E-state index in [1.165, 1.54) is 0 Å². The SMILES string of the molecule is CCc1cnc(CNC(=O)N2CCC(CC(=O)O)C2)o1. The Bertz CT molecular complexity index is 486. The normalized spacial score (nSPS) is 18.2. The van der Waals surface area contributed by atoms with E-state index in [9.17, 15) is 9.59 Å². The minimum atomic E-state index is -0.816. The number of urea groups is 1. The van der Waals surface area contributed by atoms with Crippen molar-refractivity contribution in [3.8, 4) is 0 Å². The maximum absolute atomic E-state index is 11.9. The minimum Gasteiger partial charge on any atom is -0.481 e. The van der Waals surface area contributed by atoms with Gasteiger partial charge in [-0.3, -0.25) is 4.79 Å². The van der Waals surface area contributed by atoms with Crippen LogP contribution in [0, 0.1) is 5.92 Å². The summed E-state index contributed by atoms with van der Waals surface area (Å²) in [7, 11) is 0. The van der Waals surface area contributed by atoms with Gasteiger partial charge in [-0.1, -0.05) is 6.92 Å². The van der Waals surface area contributed by atoms with E-state index >= 15 is 0 Å². The van der Waals surface area contributed by atoms with Crippen LogP contribution in [0.25, 0.3) is 0 Å². The van der Waals surface area contributed by atoms with E-state index in [-0.39, 0.29) is 24.9 Å². The Balaban J connectivity index is 1.76. The lowest BCUT2D eigenvalue weighted by atomic mass is 10.1. The minimum absolute atomic E-state index is 0.0479. The monoisotopic (exact) mass is 281 g/mol. The van der Waals surface area contributed by atoms with Crippen LogP contribution in [0.4, 0.5) is 4.79 Å². The summed E-state index contributed by atoms with van der Waals surface area (Å²) in [6.07, 6.45) is 3.27. The first kappa shape index (κ1) is 14.4. The molecule has 1 aliphatic heterocycles. The van der Waals surface area contributed by atoms with Crippen molar-refractivity contribution in [3.63, 3.8) is 0 Å². The number of hydrogen-bond donors (Lipinski definition) is 2. The highest BCUT2D eigenvalue weighted by Gasteiger charge is 2.27. The fourth-order valence-corrected chi connectivity index (χ4v) is 2.29. The lowest BCUT2D eigenvalue weighted by molar-refractivity contribution is -0.138. The van der Waals surface area contributed by atoms with E-state index in [0.29, 0.717) is 19.0 Å². The lowest BCUT2D eigenvalue weighted by Gasteiger charge is -2.16. The molecule has 0 aromatic carbocycles. The first-order chi connectivity index (χ1) is 9.58. The molecule has 7 heteroatoms. The summed E-state index contributed by atoms with van der Waals surface area (Å²) in [4.78, 5) is 28.3. The third-order valence-corrected chi connectivity index (χ3v) is 3.38. The van der Waals surface area contributed by atoms with Gasteiger partial charge in [-0.05, 0) is 12.3 Å². The van der Waals surface area contributed by atoms with Crippen molar-refractivity contribution in [3.05, 3.63) is 17.8 Å². The van der Waals surface area contributed by atoms with Gasteiger partial charge in [0.2, 0.25) is 5.89 Å². The number of nitrogens with one attached hydrogen (secondary N) is 1.